The van der Waals surface area contributed by atoms with E-state index in [2.05, 4.69) is 40.5 Å². The summed E-state index contributed by atoms with van der Waals surface area (Å²) in [6.45, 7) is 4.01. The Hall–Kier alpha value is -2.79. The van der Waals surface area contributed by atoms with Crippen molar-refractivity contribution >= 4 is 22.7 Å². The van der Waals surface area contributed by atoms with Gasteiger partial charge in [-0.25, -0.2) is 4.79 Å². The average Bonchev–Trinajstić information content (AvgIpc) is 3.23. The third kappa shape index (κ3) is 4.47. The van der Waals surface area contributed by atoms with Crippen LogP contribution < -0.4 is 10.2 Å². The summed E-state index contributed by atoms with van der Waals surface area (Å²) in [6, 6.07) is 16.9. The second-order valence-corrected chi connectivity index (χ2v) is 8.81. The van der Waals surface area contributed by atoms with Crippen molar-refractivity contribution in [2.45, 2.75) is 44.6 Å². The largest absolute Gasteiger partial charge is 0.464 e. The van der Waals surface area contributed by atoms with E-state index >= 15 is 0 Å². The Bertz CT molecular complexity index is 1040. The summed E-state index contributed by atoms with van der Waals surface area (Å²) < 4.78 is 5.66. The molecule has 3 heterocycles. The highest BCUT2D eigenvalue weighted by atomic mass is 16.3. The summed E-state index contributed by atoms with van der Waals surface area (Å²) in [5.41, 5.74) is 4.64. The van der Waals surface area contributed by atoms with E-state index in [1.807, 2.05) is 29.4 Å². The molecule has 0 saturated carbocycles. The third-order valence-electron chi connectivity index (χ3n) is 6.75. The maximum absolute atomic E-state index is 12.9. The van der Waals surface area contributed by atoms with Gasteiger partial charge in [0.1, 0.15) is 5.58 Å². The topological polar surface area (TPSA) is 48.7 Å². The Labute approximate surface area is 184 Å². The first kappa shape index (κ1) is 20.1. The van der Waals surface area contributed by atoms with Crippen LogP contribution in [0.2, 0.25) is 0 Å². The molecule has 2 aliphatic heterocycles. The van der Waals surface area contributed by atoms with Gasteiger partial charge in [0.25, 0.3) is 0 Å². The molecule has 0 radical (unpaired) electrons. The monoisotopic (exact) mass is 417 g/mol. The molecule has 1 N–H and O–H groups in total. The van der Waals surface area contributed by atoms with Crippen molar-refractivity contribution < 1.29 is 9.21 Å². The predicted octanol–water partition coefficient (Wildman–Crippen LogP) is 4.99. The molecule has 162 valence electrons. The number of hydrogen-bond acceptors (Lipinski definition) is 3. The van der Waals surface area contributed by atoms with E-state index < -0.39 is 0 Å². The van der Waals surface area contributed by atoms with Crippen LogP contribution in [0.15, 0.2) is 59.2 Å². The lowest BCUT2D eigenvalue weighted by molar-refractivity contribution is 0.192. The predicted molar refractivity (Wildman–Crippen MR) is 125 cm³/mol. The zero-order valence-corrected chi connectivity index (χ0v) is 18.1. The molecule has 0 bridgehead atoms. The van der Waals surface area contributed by atoms with Crippen LogP contribution in [0.25, 0.3) is 11.0 Å². The van der Waals surface area contributed by atoms with Gasteiger partial charge in [-0.05, 0) is 68.3 Å². The van der Waals surface area contributed by atoms with Crippen LogP contribution in [0.4, 0.5) is 10.5 Å². The summed E-state index contributed by atoms with van der Waals surface area (Å²) in [5.74, 6) is 0. The summed E-state index contributed by atoms with van der Waals surface area (Å²) in [6.07, 6.45) is 8.23. The molecule has 3 aromatic rings. The van der Waals surface area contributed by atoms with Crippen molar-refractivity contribution in [3.8, 4) is 0 Å². The number of benzene rings is 2. The van der Waals surface area contributed by atoms with Crippen LogP contribution in [0.1, 0.15) is 36.8 Å². The third-order valence-corrected chi connectivity index (χ3v) is 6.75. The van der Waals surface area contributed by atoms with Crippen LogP contribution in [0.3, 0.4) is 0 Å². The van der Waals surface area contributed by atoms with Gasteiger partial charge in [-0.1, -0.05) is 36.4 Å². The summed E-state index contributed by atoms with van der Waals surface area (Å²) in [4.78, 5) is 17.4. The molecule has 2 aliphatic rings. The van der Waals surface area contributed by atoms with Gasteiger partial charge in [0.15, 0.2) is 0 Å². The van der Waals surface area contributed by atoms with Gasteiger partial charge in [-0.3, -0.25) is 4.90 Å². The number of fused-ring (bicyclic) bond motifs is 2. The quantitative estimate of drug-likeness (QED) is 0.636. The molecule has 5 rings (SSSR count). The number of likely N-dealkylation sites (tertiary alicyclic amines) is 1. The summed E-state index contributed by atoms with van der Waals surface area (Å²) in [7, 11) is 0. The number of hydrogen-bond donors (Lipinski definition) is 1. The fourth-order valence-electron chi connectivity index (χ4n) is 5.02. The first-order chi connectivity index (χ1) is 15.3. The first-order valence-electron chi connectivity index (χ1n) is 11.6. The number of furan rings is 1. The molecule has 1 fully saturated rings. The zero-order chi connectivity index (χ0) is 21.0. The number of para-hydroxylation sites is 2. The lowest BCUT2D eigenvalue weighted by Gasteiger charge is -2.35. The Morgan fingerprint density at radius 1 is 1.03 bits per heavy atom. The number of carbonyl (C=O) groups is 1. The number of carbonyl (C=O) groups excluding carboxylic acids is 1. The Morgan fingerprint density at radius 2 is 1.84 bits per heavy atom. The SMILES string of the molecule is O=C(NC1CCN(CCCc2coc3ccccc23)CC1)N1CCCc2ccccc21. The molecule has 0 spiro atoms. The van der Waals surface area contributed by atoms with Gasteiger partial charge in [-0.2, -0.15) is 0 Å². The van der Waals surface area contributed by atoms with Gasteiger partial charge >= 0.3 is 6.03 Å². The van der Waals surface area contributed by atoms with E-state index in [0.717, 1.165) is 76.0 Å². The highest BCUT2D eigenvalue weighted by Crippen LogP contribution is 2.27. The first-order valence-corrected chi connectivity index (χ1v) is 11.6. The molecule has 1 saturated heterocycles. The van der Waals surface area contributed by atoms with E-state index in [-0.39, 0.29) is 12.1 Å². The van der Waals surface area contributed by atoms with Crippen LogP contribution in [-0.2, 0) is 12.8 Å². The number of aryl methyl sites for hydroxylation is 2. The number of piperidine rings is 1. The van der Waals surface area contributed by atoms with E-state index in [4.69, 9.17) is 4.42 Å². The summed E-state index contributed by atoms with van der Waals surface area (Å²) >= 11 is 0. The van der Waals surface area contributed by atoms with Gasteiger partial charge in [0.05, 0.1) is 6.26 Å². The maximum Gasteiger partial charge on any atom is 0.322 e. The van der Waals surface area contributed by atoms with Crippen LogP contribution in [0, 0.1) is 0 Å². The van der Waals surface area contributed by atoms with E-state index in [9.17, 15) is 4.79 Å². The lowest BCUT2D eigenvalue weighted by Crippen LogP contribution is -2.50. The highest BCUT2D eigenvalue weighted by molar-refractivity contribution is 5.93. The smallest absolute Gasteiger partial charge is 0.322 e. The van der Waals surface area contributed by atoms with Crippen molar-refractivity contribution in [1.82, 2.24) is 10.2 Å². The summed E-state index contributed by atoms with van der Waals surface area (Å²) in [5, 5.41) is 4.54. The Balaban J connectivity index is 1.07. The highest BCUT2D eigenvalue weighted by Gasteiger charge is 2.26. The number of rotatable bonds is 5. The average molecular weight is 418 g/mol. The van der Waals surface area contributed by atoms with E-state index in [1.165, 1.54) is 16.5 Å². The van der Waals surface area contributed by atoms with Gasteiger partial charge in [-0.15, -0.1) is 0 Å². The van der Waals surface area contributed by atoms with Gasteiger partial charge in [0, 0.05) is 36.7 Å². The van der Waals surface area contributed by atoms with Crippen molar-refractivity contribution in [1.29, 1.82) is 0 Å². The number of amides is 2. The maximum atomic E-state index is 12.9. The minimum Gasteiger partial charge on any atom is -0.464 e. The fraction of sp³-hybridized carbons (Fsp3) is 0.423. The van der Waals surface area contributed by atoms with Crippen LogP contribution in [0.5, 0.6) is 0 Å². The molecule has 0 unspecified atom stereocenters. The van der Waals surface area contributed by atoms with Crippen molar-refractivity contribution in [3.63, 3.8) is 0 Å². The molecule has 5 nitrogen and oxygen atoms in total. The second-order valence-electron chi connectivity index (χ2n) is 8.81. The van der Waals surface area contributed by atoms with Crippen molar-refractivity contribution in [3.05, 3.63) is 65.9 Å². The number of nitrogens with zero attached hydrogens (tertiary/aromatic N) is 2. The number of anilines is 1. The van der Waals surface area contributed by atoms with Crippen LogP contribution >= 0.6 is 0 Å². The van der Waals surface area contributed by atoms with Crippen LogP contribution in [-0.4, -0.2) is 43.2 Å². The van der Waals surface area contributed by atoms with Crippen molar-refractivity contribution in [2.24, 2.45) is 0 Å². The minimum atomic E-state index is 0.0671. The molecular formula is C26H31N3O2. The van der Waals surface area contributed by atoms with E-state index in [0.29, 0.717) is 0 Å². The number of urea groups is 1. The molecular weight excluding hydrogens is 386 g/mol. The molecule has 5 heteroatoms. The standard InChI is InChI=1S/C26H31N3O2/c30-26(29-16-6-8-20-7-1-3-11-24(20)29)27-22-13-17-28(18-14-22)15-5-9-21-19-31-25-12-4-2-10-23(21)25/h1-4,7,10-12,19,22H,5-6,8-9,13-18H2,(H,27,30). The minimum absolute atomic E-state index is 0.0671. The zero-order valence-electron chi connectivity index (χ0n) is 18.1. The van der Waals surface area contributed by atoms with Crippen molar-refractivity contribution in [2.75, 3.05) is 31.1 Å². The Morgan fingerprint density at radius 3 is 2.74 bits per heavy atom. The molecule has 0 aliphatic carbocycles. The van der Waals surface area contributed by atoms with Gasteiger partial charge < -0.3 is 14.6 Å². The fourth-order valence-corrected chi connectivity index (χ4v) is 5.02. The normalized spacial score (nSPS) is 17.6. The van der Waals surface area contributed by atoms with E-state index in [1.54, 1.807) is 0 Å². The second kappa shape index (κ2) is 9.15. The molecule has 1 aromatic heterocycles. The molecule has 2 amide bonds. The lowest BCUT2D eigenvalue weighted by atomic mass is 10.0. The Kier molecular flexibility index (Phi) is 5.94. The molecule has 31 heavy (non-hydrogen) atoms. The van der Waals surface area contributed by atoms with Gasteiger partial charge in [0.2, 0.25) is 0 Å². The molecule has 0 atom stereocenters. The molecule has 2 aromatic carbocycles. The number of nitrogens with one attached hydrogen (secondary N) is 1.